The molecule has 1 amide bonds. The number of carbonyl (C=O) groups is 1. The standard InChI is InChI=1S/C20H34N4O2/c1-4-18-21-10-14-24(18)11-6-19(25)22-15-17-5-7-20(26-17)8-12-23(13-9-20)16(2)3/h10,14,16-17H,4-9,11-13,15H2,1-3H3,(H,22,25)/t17-/m0/s1. The first kappa shape index (κ1) is 19.4. The third-order valence-corrected chi connectivity index (χ3v) is 6.00. The number of hydrogen-bond acceptors (Lipinski definition) is 4. The highest BCUT2D eigenvalue weighted by molar-refractivity contribution is 5.75. The van der Waals surface area contributed by atoms with Gasteiger partial charge in [0.05, 0.1) is 11.7 Å². The van der Waals surface area contributed by atoms with Crippen LogP contribution in [0.5, 0.6) is 0 Å². The summed E-state index contributed by atoms with van der Waals surface area (Å²) < 4.78 is 8.46. The SMILES string of the molecule is CCc1nccn1CCC(=O)NC[C@@H]1CCC2(CCN(C(C)C)CC2)O1. The highest BCUT2D eigenvalue weighted by atomic mass is 16.5. The second kappa shape index (κ2) is 8.53. The Morgan fingerprint density at radius 3 is 2.85 bits per heavy atom. The van der Waals surface area contributed by atoms with E-state index < -0.39 is 0 Å². The fraction of sp³-hybridized carbons (Fsp3) is 0.800. The van der Waals surface area contributed by atoms with Gasteiger partial charge >= 0.3 is 0 Å². The summed E-state index contributed by atoms with van der Waals surface area (Å²) in [5.74, 6) is 1.13. The molecule has 6 nitrogen and oxygen atoms in total. The quantitative estimate of drug-likeness (QED) is 0.809. The van der Waals surface area contributed by atoms with E-state index >= 15 is 0 Å². The lowest BCUT2D eigenvalue weighted by molar-refractivity contribution is -0.123. The Balaban J connectivity index is 1.37. The van der Waals surface area contributed by atoms with Gasteiger partial charge in [-0.3, -0.25) is 4.79 Å². The summed E-state index contributed by atoms with van der Waals surface area (Å²) in [6.07, 6.45) is 9.73. The molecule has 0 aromatic carbocycles. The van der Waals surface area contributed by atoms with E-state index in [0.717, 1.165) is 51.0 Å². The average molecular weight is 363 g/mol. The van der Waals surface area contributed by atoms with Crippen LogP contribution in [0.4, 0.5) is 0 Å². The Bertz CT molecular complexity index is 590. The lowest BCUT2D eigenvalue weighted by Crippen LogP contribution is -2.47. The zero-order valence-corrected chi connectivity index (χ0v) is 16.5. The lowest BCUT2D eigenvalue weighted by Gasteiger charge is -2.40. The van der Waals surface area contributed by atoms with E-state index in [1.54, 1.807) is 6.20 Å². The van der Waals surface area contributed by atoms with Gasteiger partial charge in [0, 0.05) is 57.5 Å². The fourth-order valence-electron chi connectivity index (χ4n) is 4.25. The molecule has 2 aliphatic heterocycles. The Morgan fingerprint density at radius 1 is 1.38 bits per heavy atom. The molecule has 1 aromatic heterocycles. The molecule has 1 N–H and O–H groups in total. The van der Waals surface area contributed by atoms with Crippen LogP contribution in [0.2, 0.25) is 0 Å². The predicted octanol–water partition coefficient (Wildman–Crippen LogP) is 2.37. The normalized spacial score (nSPS) is 23.0. The van der Waals surface area contributed by atoms with Gasteiger partial charge in [-0.15, -0.1) is 0 Å². The van der Waals surface area contributed by atoms with Crippen LogP contribution >= 0.6 is 0 Å². The van der Waals surface area contributed by atoms with Crippen molar-refractivity contribution in [3.05, 3.63) is 18.2 Å². The van der Waals surface area contributed by atoms with E-state index in [2.05, 4.69) is 40.5 Å². The number of aromatic nitrogens is 2. The van der Waals surface area contributed by atoms with Gasteiger partial charge in [0.15, 0.2) is 0 Å². The number of carbonyl (C=O) groups excluding carboxylic acids is 1. The number of imidazole rings is 1. The minimum atomic E-state index is 0.0631. The Hall–Kier alpha value is -1.40. The zero-order chi connectivity index (χ0) is 18.6. The first-order valence-corrected chi connectivity index (χ1v) is 10.2. The number of amides is 1. The molecule has 2 saturated heterocycles. The van der Waals surface area contributed by atoms with Crippen LogP contribution in [0, 0.1) is 0 Å². The van der Waals surface area contributed by atoms with E-state index in [1.807, 2.05) is 6.20 Å². The molecule has 0 radical (unpaired) electrons. The zero-order valence-electron chi connectivity index (χ0n) is 16.5. The van der Waals surface area contributed by atoms with Crippen LogP contribution < -0.4 is 5.32 Å². The number of likely N-dealkylation sites (tertiary alicyclic amines) is 1. The molecule has 1 atom stereocenters. The molecular formula is C20H34N4O2. The van der Waals surface area contributed by atoms with Crippen LogP contribution in [0.3, 0.4) is 0 Å². The second-order valence-corrected chi connectivity index (χ2v) is 8.04. The molecular weight excluding hydrogens is 328 g/mol. The maximum Gasteiger partial charge on any atom is 0.221 e. The molecule has 26 heavy (non-hydrogen) atoms. The molecule has 0 unspecified atom stereocenters. The summed E-state index contributed by atoms with van der Waals surface area (Å²) in [5.41, 5.74) is 0.0631. The maximum absolute atomic E-state index is 12.2. The van der Waals surface area contributed by atoms with E-state index in [4.69, 9.17) is 4.74 Å². The minimum Gasteiger partial charge on any atom is -0.370 e. The highest BCUT2D eigenvalue weighted by Crippen LogP contribution is 2.39. The number of hydrogen-bond donors (Lipinski definition) is 1. The van der Waals surface area contributed by atoms with Crippen LogP contribution in [0.1, 0.15) is 58.7 Å². The van der Waals surface area contributed by atoms with Gasteiger partial charge in [0.1, 0.15) is 5.82 Å². The van der Waals surface area contributed by atoms with Gasteiger partial charge < -0.3 is 19.5 Å². The van der Waals surface area contributed by atoms with Crippen molar-refractivity contribution in [1.29, 1.82) is 0 Å². The number of aryl methyl sites for hydroxylation is 2. The number of piperidine rings is 1. The summed E-state index contributed by atoms with van der Waals surface area (Å²) in [5, 5.41) is 3.07. The smallest absolute Gasteiger partial charge is 0.221 e. The highest BCUT2D eigenvalue weighted by Gasteiger charge is 2.42. The molecule has 3 heterocycles. The van der Waals surface area contributed by atoms with Crippen molar-refractivity contribution in [2.75, 3.05) is 19.6 Å². The lowest BCUT2D eigenvalue weighted by atomic mass is 9.88. The van der Waals surface area contributed by atoms with Crippen molar-refractivity contribution in [2.45, 2.75) is 83.6 Å². The summed E-state index contributed by atoms with van der Waals surface area (Å²) in [4.78, 5) is 19.0. The largest absolute Gasteiger partial charge is 0.370 e. The second-order valence-electron chi connectivity index (χ2n) is 8.04. The Labute approximate surface area is 157 Å². The number of nitrogens with zero attached hydrogens (tertiary/aromatic N) is 3. The van der Waals surface area contributed by atoms with Gasteiger partial charge in [-0.1, -0.05) is 6.92 Å². The summed E-state index contributed by atoms with van der Waals surface area (Å²) in [6, 6.07) is 0.618. The van der Waals surface area contributed by atoms with Crippen molar-refractivity contribution in [2.24, 2.45) is 0 Å². The Morgan fingerprint density at radius 2 is 2.15 bits per heavy atom. The van der Waals surface area contributed by atoms with Gasteiger partial charge in [0.2, 0.25) is 5.91 Å². The van der Waals surface area contributed by atoms with Crippen LogP contribution in [-0.4, -0.2) is 57.7 Å². The van der Waals surface area contributed by atoms with Crippen LogP contribution in [-0.2, 0) is 22.5 Å². The number of rotatable bonds is 7. The van der Waals surface area contributed by atoms with E-state index in [9.17, 15) is 4.79 Å². The number of nitrogens with one attached hydrogen (secondary N) is 1. The van der Waals surface area contributed by atoms with Crippen molar-refractivity contribution in [3.8, 4) is 0 Å². The van der Waals surface area contributed by atoms with Gasteiger partial charge in [-0.2, -0.15) is 0 Å². The fourth-order valence-corrected chi connectivity index (χ4v) is 4.25. The van der Waals surface area contributed by atoms with E-state index in [1.165, 1.54) is 0 Å². The topological polar surface area (TPSA) is 59.4 Å². The van der Waals surface area contributed by atoms with Gasteiger partial charge in [-0.05, 0) is 39.5 Å². The Kier molecular flexibility index (Phi) is 6.35. The molecule has 1 aromatic rings. The summed E-state index contributed by atoms with van der Waals surface area (Å²) in [6.45, 7) is 10.2. The van der Waals surface area contributed by atoms with Crippen molar-refractivity contribution < 1.29 is 9.53 Å². The van der Waals surface area contributed by atoms with Crippen molar-refractivity contribution in [3.63, 3.8) is 0 Å². The van der Waals surface area contributed by atoms with Crippen LogP contribution in [0.25, 0.3) is 0 Å². The van der Waals surface area contributed by atoms with Crippen molar-refractivity contribution >= 4 is 5.91 Å². The van der Waals surface area contributed by atoms with Gasteiger partial charge in [0.25, 0.3) is 0 Å². The summed E-state index contributed by atoms with van der Waals surface area (Å²) >= 11 is 0. The minimum absolute atomic E-state index is 0.0631. The molecule has 1 spiro atoms. The molecule has 2 fully saturated rings. The maximum atomic E-state index is 12.2. The van der Waals surface area contributed by atoms with Gasteiger partial charge in [-0.25, -0.2) is 4.98 Å². The predicted molar refractivity (Wildman–Crippen MR) is 102 cm³/mol. The molecule has 2 aliphatic rings. The first-order chi connectivity index (χ1) is 12.5. The molecule has 0 saturated carbocycles. The van der Waals surface area contributed by atoms with Crippen LogP contribution in [0.15, 0.2) is 12.4 Å². The monoisotopic (exact) mass is 362 g/mol. The summed E-state index contributed by atoms with van der Waals surface area (Å²) in [7, 11) is 0. The molecule has 6 heteroatoms. The third-order valence-electron chi connectivity index (χ3n) is 6.00. The van der Waals surface area contributed by atoms with Crippen molar-refractivity contribution in [1.82, 2.24) is 19.8 Å². The molecule has 0 aliphatic carbocycles. The van der Waals surface area contributed by atoms with E-state index in [-0.39, 0.29) is 17.6 Å². The number of ether oxygens (including phenoxy) is 1. The molecule has 0 bridgehead atoms. The molecule has 146 valence electrons. The first-order valence-electron chi connectivity index (χ1n) is 10.2. The molecule has 3 rings (SSSR count). The average Bonchev–Trinajstić information content (AvgIpc) is 3.25. The van der Waals surface area contributed by atoms with E-state index in [0.29, 0.717) is 25.6 Å². The third kappa shape index (κ3) is 4.65.